The average molecular weight is 370 g/mol. The van der Waals surface area contributed by atoms with Gasteiger partial charge in [0.25, 0.3) is 0 Å². The van der Waals surface area contributed by atoms with E-state index in [9.17, 15) is 5.11 Å². The van der Waals surface area contributed by atoms with Crippen molar-refractivity contribution < 1.29 is 9.84 Å². The summed E-state index contributed by atoms with van der Waals surface area (Å²) in [4.78, 5) is 0. The quantitative estimate of drug-likeness (QED) is 0.777. The maximum absolute atomic E-state index is 10.6. The van der Waals surface area contributed by atoms with Gasteiger partial charge in [-0.05, 0) is 70.2 Å². The summed E-state index contributed by atoms with van der Waals surface area (Å²) < 4.78 is 6.46. The lowest BCUT2D eigenvalue weighted by atomic mass is 9.97. The lowest BCUT2D eigenvalue weighted by Gasteiger charge is -2.16. The second-order valence-electron chi connectivity index (χ2n) is 4.94. The number of halogens is 2. The monoisotopic (exact) mass is 368 g/mol. The highest BCUT2D eigenvalue weighted by Gasteiger charge is 2.15. The second-order valence-corrected chi connectivity index (χ2v) is 6.23. The molecule has 2 rings (SSSR count). The first kappa shape index (κ1) is 16.3. The molecule has 21 heavy (non-hydrogen) atoms. The van der Waals surface area contributed by atoms with Crippen LogP contribution < -0.4 is 4.74 Å². The number of aryl methyl sites for hydroxylation is 1. The number of hydrogen-bond donors (Lipinski definition) is 1. The van der Waals surface area contributed by atoms with Gasteiger partial charge in [0, 0.05) is 5.02 Å². The van der Waals surface area contributed by atoms with Gasteiger partial charge >= 0.3 is 0 Å². The van der Waals surface area contributed by atoms with Crippen molar-refractivity contribution in [2.45, 2.75) is 26.4 Å². The van der Waals surface area contributed by atoms with Crippen LogP contribution in [0.3, 0.4) is 0 Å². The molecule has 0 heterocycles. The van der Waals surface area contributed by atoms with Crippen molar-refractivity contribution in [3.8, 4) is 5.75 Å². The maximum Gasteiger partial charge on any atom is 0.133 e. The molecule has 0 aliphatic carbocycles. The van der Waals surface area contributed by atoms with Gasteiger partial charge in [-0.1, -0.05) is 30.7 Å². The highest BCUT2D eigenvalue weighted by atomic mass is 79.9. The lowest BCUT2D eigenvalue weighted by Crippen LogP contribution is -2.03. The fourth-order valence-electron chi connectivity index (χ4n) is 2.10. The van der Waals surface area contributed by atoms with Gasteiger partial charge in [-0.25, -0.2) is 0 Å². The molecular formula is C17H18BrClO2. The molecule has 0 aliphatic rings. The van der Waals surface area contributed by atoms with E-state index in [1.807, 2.05) is 37.3 Å². The minimum absolute atomic E-state index is 0.622. The van der Waals surface area contributed by atoms with E-state index >= 15 is 0 Å². The molecule has 0 saturated heterocycles. The molecule has 2 aromatic rings. The van der Waals surface area contributed by atoms with E-state index in [4.69, 9.17) is 16.3 Å². The Bertz CT molecular complexity index is 628. The van der Waals surface area contributed by atoms with E-state index in [2.05, 4.69) is 22.9 Å². The molecule has 0 radical (unpaired) electrons. The van der Waals surface area contributed by atoms with Crippen molar-refractivity contribution in [3.63, 3.8) is 0 Å². The predicted octanol–water partition coefficient (Wildman–Crippen LogP) is 5.28. The predicted molar refractivity (Wildman–Crippen MR) is 90.2 cm³/mol. The van der Waals surface area contributed by atoms with E-state index in [-0.39, 0.29) is 0 Å². The van der Waals surface area contributed by atoms with E-state index in [0.717, 1.165) is 33.3 Å². The molecule has 0 spiro atoms. The van der Waals surface area contributed by atoms with Gasteiger partial charge in [-0.3, -0.25) is 0 Å². The molecule has 112 valence electrons. The summed E-state index contributed by atoms with van der Waals surface area (Å²) in [5.74, 6) is 0.788. The molecule has 0 bridgehead atoms. The van der Waals surface area contributed by atoms with Crippen LogP contribution in [-0.2, 0) is 0 Å². The highest BCUT2D eigenvalue weighted by Crippen LogP contribution is 2.32. The number of ether oxygens (including phenoxy) is 1. The maximum atomic E-state index is 10.6. The number of aliphatic hydroxyl groups is 1. The molecule has 2 nitrogen and oxygen atoms in total. The zero-order valence-electron chi connectivity index (χ0n) is 12.1. The second kappa shape index (κ2) is 7.30. The van der Waals surface area contributed by atoms with Crippen LogP contribution >= 0.6 is 27.5 Å². The SMILES string of the molecule is CCCOc1ccc(C(O)c2cc(Cl)ccc2C)cc1Br. The summed E-state index contributed by atoms with van der Waals surface area (Å²) in [6.45, 7) is 4.70. The Morgan fingerprint density at radius 2 is 2.00 bits per heavy atom. The average Bonchev–Trinajstić information content (AvgIpc) is 2.47. The summed E-state index contributed by atoms with van der Waals surface area (Å²) in [7, 11) is 0. The minimum Gasteiger partial charge on any atom is -0.492 e. The number of aliphatic hydroxyl groups excluding tert-OH is 1. The van der Waals surface area contributed by atoms with Gasteiger partial charge in [0.1, 0.15) is 11.9 Å². The van der Waals surface area contributed by atoms with Crippen molar-refractivity contribution in [2.24, 2.45) is 0 Å². The van der Waals surface area contributed by atoms with Crippen molar-refractivity contribution >= 4 is 27.5 Å². The third-order valence-electron chi connectivity index (χ3n) is 3.27. The third kappa shape index (κ3) is 4.00. The van der Waals surface area contributed by atoms with Crippen molar-refractivity contribution in [1.29, 1.82) is 0 Å². The van der Waals surface area contributed by atoms with E-state index in [0.29, 0.717) is 11.6 Å². The largest absolute Gasteiger partial charge is 0.492 e. The van der Waals surface area contributed by atoms with Gasteiger partial charge in [0.15, 0.2) is 0 Å². The summed E-state index contributed by atoms with van der Waals surface area (Å²) >= 11 is 9.51. The van der Waals surface area contributed by atoms with Gasteiger partial charge in [-0.15, -0.1) is 0 Å². The number of benzene rings is 2. The van der Waals surface area contributed by atoms with E-state index in [1.54, 1.807) is 6.07 Å². The third-order valence-corrected chi connectivity index (χ3v) is 4.12. The van der Waals surface area contributed by atoms with Crippen LogP contribution in [0.15, 0.2) is 40.9 Å². The minimum atomic E-state index is -0.708. The first-order valence-electron chi connectivity index (χ1n) is 6.89. The first-order chi connectivity index (χ1) is 10.0. The summed E-state index contributed by atoms with van der Waals surface area (Å²) in [5, 5.41) is 11.2. The summed E-state index contributed by atoms with van der Waals surface area (Å²) in [5.41, 5.74) is 2.63. The van der Waals surface area contributed by atoms with Crippen LogP contribution in [0.25, 0.3) is 0 Å². The van der Waals surface area contributed by atoms with Gasteiger partial charge in [0.05, 0.1) is 11.1 Å². The Kier molecular flexibility index (Phi) is 5.68. The van der Waals surface area contributed by atoms with Crippen LogP contribution in [-0.4, -0.2) is 11.7 Å². The Balaban J connectivity index is 2.29. The van der Waals surface area contributed by atoms with Crippen LogP contribution in [0.2, 0.25) is 5.02 Å². The Labute approximate surface area is 138 Å². The van der Waals surface area contributed by atoms with Crippen LogP contribution in [0.4, 0.5) is 0 Å². The van der Waals surface area contributed by atoms with Crippen LogP contribution in [0, 0.1) is 6.92 Å². The molecule has 0 amide bonds. The Morgan fingerprint density at radius 1 is 1.24 bits per heavy atom. The molecule has 0 fully saturated rings. The normalized spacial score (nSPS) is 12.2. The Morgan fingerprint density at radius 3 is 2.67 bits per heavy atom. The fraction of sp³-hybridized carbons (Fsp3) is 0.294. The molecular weight excluding hydrogens is 352 g/mol. The smallest absolute Gasteiger partial charge is 0.133 e. The van der Waals surface area contributed by atoms with E-state index in [1.165, 1.54) is 0 Å². The first-order valence-corrected chi connectivity index (χ1v) is 8.06. The molecule has 4 heteroatoms. The van der Waals surface area contributed by atoms with Crippen LogP contribution in [0.1, 0.15) is 36.1 Å². The molecule has 1 unspecified atom stereocenters. The van der Waals surface area contributed by atoms with Gasteiger partial charge in [0.2, 0.25) is 0 Å². The zero-order valence-corrected chi connectivity index (χ0v) is 14.4. The van der Waals surface area contributed by atoms with Crippen molar-refractivity contribution in [3.05, 3.63) is 62.6 Å². The van der Waals surface area contributed by atoms with Crippen molar-refractivity contribution in [2.75, 3.05) is 6.61 Å². The highest BCUT2D eigenvalue weighted by molar-refractivity contribution is 9.10. The number of hydrogen-bond acceptors (Lipinski definition) is 2. The van der Waals surface area contributed by atoms with Gasteiger partial charge < -0.3 is 9.84 Å². The standard InChI is InChI=1S/C17H18BrClO2/c1-3-8-21-16-7-5-12(9-15(16)18)17(20)14-10-13(19)6-4-11(14)2/h4-7,9-10,17,20H,3,8H2,1-2H3. The fourth-order valence-corrected chi connectivity index (χ4v) is 2.79. The number of rotatable bonds is 5. The molecule has 1 N–H and O–H groups in total. The topological polar surface area (TPSA) is 29.5 Å². The van der Waals surface area contributed by atoms with Crippen LogP contribution in [0.5, 0.6) is 5.75 Å². The zero-order chi connectivity index (χ0) is 15.4. The summed E-state index contributed by atoms with van der Waals surface area (Å²) in [6.07, 6.45) is 0.249. The van der Waals surface area contributed by atoms with E-state index < -0.39 is 6.10 Å². The van der Waals surface area contributed by atoms with Gasteiger partial charge in [-0.2, -0.15) is 0 Å². The molecule has 2 aromatic carbocycles. The molecule has 0 saturated carbocycles. The molecule has 0 aliphatic heterocycles. The molecule has 1 atom stereocenters. The van der Waals surface area contributed by atoms with Crippen molar-refractivity contribution in [1.82, 2.24) is 0 Å². The Hall–Kier alpha value is -1.03. The molecule has 0 aromatic heterocycles. The lowest BCUT2D eigenvalue weighted by molar-refractivity contribution is 0.219. The summed E-state index contributed by atoms with van der Waals surface area (Å²) in [6, 6.07) is 11.2.